The number of hydrogen-bond acceptors (Lipinski definition) is 6. The number of carbonyl (C=O) groups is 1. The summed E-state index contributed by atoms with van der Waals surface area (Å²) < 4.78 is 10.9. The molecule has 1 N–H and O–H groups in total. The number of aromatic nitrogens is 2. The minimum absolute atomic E-state index is 0.0460. The van der Waals surface area contributed by atoms with E-state index in [-0.39, 0.29) is 17.4 Å². The van der Waals surface area contributed by atoms with Crippen LogP contribution in [0.15, 0.2) is 28.8 Å². The van der Waals surface area contributed by atoms with Crippen LogP contribution in [0.2, 0.25) is 0 Å². The minimum atomic E-state index is -0.137. The Balaban J connectivity index is 1.52. The predicted octanol–water partition coefficient (Wildman–Crippen LogP) is 3.65. The minimum Gasteiger partial charge on any atom is -0.496 e. The highest BCUT2D eigenvalue weighted by atomic mass is 16.5. The Morgan fingerprint density at radius 2 is 2.00 bits per heavy atom. The van der Waals surface area contributed by atoms with Crippen LogP contribution in [0.25, 0.3) is 0 Å². The lowest BCUT2D eigenvalue weighted by molar-refractivity contribution is -0.121. The van der Waals surface area contributed by atoms with Gasteiger partial charge in [-0.3, -0.25) is 9.69 Å². The Labute approximate surface area is 179 Å². The van der Waals surface area contributed by atoms with Crippen molar-refractivity contribution < 1.29 is 14.1 Å². The van der Waals surface area contributed by atoms with Crippen molar-refractivity contribution in [2.75, 3.05) is 26.7 Å². The lowest BCUT2D eigenvalue weighted by atomic mass is 9.96. The fraction of sp³-hybridized carbons (Fsp3) is 0.609. The molecule has 0 radical (unpaired) electrons. The molecule has 0 aliphatic carbocycles. The van der Waals surface area contributed by atoms with Gasteiger partial charge in [0, 0.05) is 30.4 Å². The van der Waals surface area contributed by atoms with Crippen molar-refractivity contribution in [1.82, 2.24) is 20.4 Å². The zero-order valence-corrected chi connectivity index (χ0v) is 18.6. The summed E-state index contributed by atoms with van der Waals surface area (Å²) in [7, 11) is 1.70. The van der Waals surface area contributed by atoms with E-state index in [1.807, 2.05) is 39.0 Å². The number of carbonyl (C=O) groups excluding carboxylic acids is 1. The highest BCUT2D eigenvalue weighted by Gasteiger charge is 2.26. The third-order valence-corrected chi connectivity index (χ3v) is 5.51. The van der Waals surface area contributed by atoms with Crippen LogP contribution in [0.3, 0.4) is 0 Å². The van der Waals surface area contributed by atoms with Crippen molar-refractivity contribution >= 4 is 5.91 Å². The van der Waals surface area contributed by atoms with Crippen molar-refractivity contribution in [3.63, 3.8) is 0 Å². The number of benzene rings is 1. The molecule has 3 rings (SSSR count). The smallest absolute Gasteiger partial charge is 0.226 e. The molecule has 2 aromatic rings. The van der Waals surface area contributed by atoms with E-state index in [4.69, 9.17) is 9.26 Å². The highest BCUT2D eigenvalue weighted by Crippen LogP contribution is 2.31. The fourth-order valence-electron chi connectivity index (χ4n) is 3.79. The summed E-state index contributed by atoms with van der Waals surface area (Å²) in [6.45, 7) is 8.82. The van der Waals surface area contributed by atoms with Crippen LogP contribution in [0.4, 0.5) is 0 Å². The molecule has 0 spiro atoms. The highest BCUT2D eigenvalue weighted by molar-refractivity contribution is 5.75. The van der Waals surface area contributed by atoms with Crippen molar-refractivity contribution in [2.24, 2.45) is 0 Å². The average molecular weight is 415 g/mol. The van der Waals surface area contributed by atoms with Crippen molar-refractivity contribution in [2.45, 2.75) is 64.3 Å². The molecule has 1 unspecified atom stereocenters. The van der Waals surface area contributed by atoms with Crippen LogP contribution in [0.5, 0.6) is 5.75 Å². The second-order valence-corrected chi connectivity index (χ2v) is 8.92. The summed E-state index contributed by atoms with van der Waals surface area (Å²) in [5.41, 5.74) is 0.991. The molecular formula is C23H34N4O3. The van der Waals surface area contributed by atoms with Crippen molar-refractivity contribution in [3.05, 3.63) is 41.5 Å². The van der Waals surface area contributed by atoms with Gasteiger partial charge in [0.2, 0.25) is 11.8 Å². The first kappa shape index (κ1) is 22.3. The first-order chi connectivity index (χ1) is 14.4. The Morgan fingerprint density at radius 3 is 2.67 bits per heavy atom. The molecule has 7 nitrogen and oxygen atoms in total. The monoisotopic (exact) mass is 414 g/mol. The van der Waals surface area contributed by atoms with E-state index in [2.05, 4.69) is 26.4 Å². The van der Waals surface area contributed by atoms with Crippen LogP contribution in [-0.4, -0.2) is 47.7 Å². The quantitative estimate of drug-likeness (QED) is 0.675. The van der Waals surface area contributed by atoms with Gasteiger partial charge in [0.15, 0.2) is 5.82 Å². The summed E-state index contributed by atoms with van der Waals surface area (Å²) >= 11 is 0. The molecule has 1 aromatic carbocycles. The molecule has 0 bridgehead atoms. The van der Waals surface area contributed by atoms with Crippen LogP contribution in [-0.2, 0) is 16.6 Å². The number of nitrogens with one attached hydrogen (secondary N) is 1. The van der Waals surface area contributed by atoms with Gasteiger partial charge in [-0.25, -0.2) is 0 Å². The molecule has 1 aromatic heterocycles. The number of amides is 1. The molecule has 1 aliphatic heterocycles. The van der Waals surface area contributed by atoms with Crippen LogP contribution in [0, 0.1) is 0 Å². The molecule has 1 fully saturated rings. The van der Waals surface area contributed by atoms with E-state index in [0.717, 1.165) is 24.4 Å². The lowest BCUT2D eigenvalue weighted by Gasteiger charge is -2.29. The fourth-order valence-corrected chi connectivity index (χ4v) is 3.79. The third kappa shape index (κ3) is 5.81. The van der Waals surface area contributed by atoms with Gasteiger partial charge in [-0.15, -0.1) is 0 Å². The summed E-state index contributed by atoms with van der Waals surface area (Å²) in [4.78, 5) is 19.3. The Hall–Kier alpha value is -2.41. The molecule has 1 saturated heterocycles. The second kappa shape index (κ2) is 10.1. The number of aryl methyl sites for hydroxylation is 1. The zero-order chi connectivity index (χ0) is 21.6. The van der Waals surface area contributed by atoms with Gasteiger partial charge < -0.3 is 14.6 Å². The second-order valence-electron chi connectivity index (χ2n) is 8.92. The van der Waals surface area contributed by atoms with Gasteiger partial charge >= 0.3 is 0 Å². The first-order valence-corrected chi connectivity index (χ1v) is 10.8. The van der Waals surface area contributed by atoms with E-state index in [1.54, 1.807) is 7.11 Å². The normalized spacial score (nSPS) is 15.9. The maximum absolute atomic E-state index is 12.5. The number of ether oxygens (including phenoxy) is 1. The molecule has 1 aliphatic rings. The molecular weight excluding hydrogens is 380 g/mol. The third-order valence-electron chi connectivity index (χ3n) is 5.51. The number of hydrogen-bond donors (Lipinski definition) is 1. The largest absolute Gasteiger partial charge is 0.496 e. The van der Waals surface area contributed by atoms with E-state index in [9.17, 15) is 4.79 Å². The van der Waals surface area contributed by atoms with Gasteiger partial charge in [0.05, 0.1) is 13.2 Å². The van der Waals surface area contributed by atoms with Gasteiger partial charge in [-0.2, -0.15) is 4.98 Å². The molecule has 2 heterocycles. The summed E-state index contributed by atoms with van der Waals surface area (Å²) in [5.74, 6) is 2.21. The maximum atomic E-state index is 12.5. The lowest BCUT2D eigenvalue weighted by Crippen LogP contribution is -2.37. The predicted molar refractivity (Wildman–Crippen MR) is 115 cm³/mol. The number of likely N-dealkylation sites (tertiary alicyclic amines) is 1. The molecule has 164 valence electrons. The molecule has 1 atom stereocenters. The van der Waals surface area contributed by atoms with Crippen LogP contribution >= 0.6 is 0 Å². The van der Waals surface area contributed by atoms with Gasteiger partial charge in [-0.1, -0.05) is 44.1 Å². The van der Waals surface area contributed by atoms with E-state index < -0.39 is 0 Å². The number of rotatable bonds is 9. The average Bonchev–Trinajstić information content (AvgIpc) is 3.40. The van der Waals surface area contributed by atoms with Crippen molar-refractivity contribution in [1.29, 1.82) is 0 Å². The van der Waals surface area contributed by atoms with Gasteiger partial charge in [0.1, 0.15) is 5.75 Å². The topological polar surface area (TPSA) is 80.5 Å². The molecule has 0 saturated carbocycles. The van der Waals surface area contributed by atoms with Gasteiger partial charge in [0.25, 0.3) is 0 Å². The Morgan fingerprint density at radius 1 is 1.27 bits per heavy atom. The van der Waals surface area contributed by atoms with Crippen LogP contribution in [0.1, 0.15) is 69.8 Å². The zero-order valence-electron chi connectivity index (χ0n) is 18.6. The number of para-hydroxylation sites is 1. The van der Waals surface area contributed by atoms with E-state index in [1.165, 1.54) is 12.8 Å². The SMILES string of the molecule is COc1ccccc1C(CNC(=O)CCCc1nc(C(C)(C)C)no1)N1CCCC1. The Bertz CT molecular complexity index is 822. The summed E-state index contributed by atoms with van der Waals surface area (Å²) in [6.07, 6.45) is 4.12. The first-order valence-electron chi connectivity index (χ1n) is 10.8. The standard InChI is InChI=1S/C23H34N4O3/c1-23(2,3)22-25-21(30-26-22)13-9-12-20(28)24-16-18(27-14-7-8-15-27)17-10-5-6-11-19(17)29-4/h5-6,10-11,18H,7-9,12-16H2,1-4H3,(H,24,28). The van der Waals surface area contributed by atoms with Crippen molar-refractivity contribution in [3.8, 4) is 5.75 Å². The molecule has 7 heteroatoms. The molecule has 1 amide bonds. The van der Waals surface area contributed by atoms with E-state index >= 15 is 0 Å². The maximum Gasteiger partial charge on any atom is 0.226 e. The summed E-state index contributed by atoms with van der Waals surface area (Å²) in [5, 5.41) is 7.16. The van der Waals surface area contributed by atoms with E-state index in [0.29, 0.717) is 37.5 Å². The number of methoxy groups -OCH3 is 1. The van der Waals surface area contributed by atoms with Gasteiger partial charge in [-0.05, 0) is 38.4 Å². The number of nitrogens with zero attached hydrogens (tertiary/aromatic N) is 3. The Kier molecular flexibility index (Phi) is 7.48. The summed E-state index contributed by atoms with van der Waals surface area (Å²) in [6, 6.07) is 8.20. The van der Waals surface area contributed by atoms with Crippen LogP contribution < -0.4 is 10.1 Å². The molecule has 30 heavy (non-hydrogen) atoms.